The van der Waals surface area contributed by atoms with Crippen LogP contribution in [0.4, 0.5) is 5.69 Å². The van der Waals surface area contributed by atoms with Gasteiger partial charge >= 0.3 is 0 Å². The van der Waals surface area contributed by atoms with E-state index in [9.17, 15) is 5.11 Å². The maximum absolute atomic E-state index is 9.65. The summed E-state index contributed by atoms with van der Waals surface area (Å²) in [6.07, 6.45) is 4.17. The van der Waals surface area contributed by atoms with E-state index in [0.29, 0.717) is 6.61 Å². The van der Waals surface area contributed by atoms with Crippen LogP contribution in [-0.4, -0.2) is 36.9 Å². The number of nitrogens with one attached hydrogen (secondary N) is 1. The van der Waals surface area contributed by atoms with Gasteiger partial charge in [0.05, 0.1) is 18.4 Å². The molecule has 0 aromatic heterocycles. The minimum absolute atomic E-state index is 0.140. The van der Waals surface area contributed by atoms with E-state index in [-0.39, 0.29) is 6.10 Å². The molecule has 21 heavy (non-hydrogen) atoms. The summed E-state index contributed by atoms with van der Waals surface area (Å²) in [7, 11) is 0. The van der Waals surface area contributed by atoms with Crippen LogP contribution in [0.2, 0.25) is 0 Å². The Morgan fingerprint density at radius 2 is 2.00 bits per heavy atom. The average Bonchev–Trinajstić information content (AvgIpc) is 3.31. The summed E-state index contributed by atoms with van der Waals surface area (Å²) in [6, 6.07) is 7.26. The summed E-state index contributed by atoms with van der Waals surface area (Å²) in [5, 5.41) is 13.2. The normalized spacial score (nSPS) is 19.8. The molecule has 0 unspecified atom stereocenters. The molecule has 1 aromatic rings. The molecule has 0 spiro atoms. The van der Waals surface area contributed by atoms with Gasteiger partial charge in [-0.1, -0.05) is 6.07 Å². The molecule has 4 heteroatoms. The zero-order valence-electron chi connectivity index (χ0n) is 12.8. The molecule has 3 rings (SSSR count). The molecule has 1 aromatic carbocycles. The fourth-order valence-electron chi connectivity index (χ4n) is 2.86. The molecule has 1 aliphatic carbocycles. The van der Waals surface area contributed by atoms with Crippen LogP contribution in [0.25, 0.3) is 0 Å². The molecule has 4 nitrogen and oxygen atoms in total. The Morgan fingerprint density at radius 3 is 2.67 bits per heavy atom. The summed E-state index contributed by atoms with van der Waals surface area (Å²) in [5.74, 6) is 0.976. The second-order valence-electron chi connectivity index (χ2n) is 6.11. The van der Waals surface area contributed by atoms with Crippen LogP contribution in [0.3, 0.4) is 0 Å². The third-order valence-electron chi connectivity index (χ3n) is 4.30. The van der Waals surface area contributed by atoms with Crippen LogP contribution < -0.4 is 15.0 Å². The van der Waals surface area contributed by atoms with Crippen molar-refractivity contribution in [2.45, 2.75) is 51.3 Å². The Hall–Kier alpha value is -1.26. The maximum atomic E-state index is 9.65. The van der Waals surface area contributed by atoms with Crippen LogP contribution in [-0.2, 0) is 6.54 Å². The van der Waals surface area contributed by atoms with Crippen molar-refractivity contribution < 1.29 is 9.84 Å². The van der Waals surface area contributed by atoms with Gasteiger partial charge in [-0.3, -0.25) is 0 Å². The van der Waals surface area contributed by atoms with Gasteiger partial charge in [-0.2, -0.15) is 0 Å². The number of aliphatic hydroxyl groups is 1. The highest BCUT2D eigenvalue weighted by molar-refractivity contribution is 5.60. The van der Waals surface area contributed by atoms with Gasteiger partial charge in [0.15, 0.2) is 0 Å². The minimum Gasteiger partial charge on any atom is -0.492 e. The Morgan fingerprint density at radius 1 is 1.24 bits per heavy atom. The number of nitrogens with zero attached hydrogens (tertiary/aromatic N) is 1. The third-order valence-corrected chi connectivity index (χ3v) is 4.30. The molecule has 1 saturated carbocycles. The summed E-state index contributed by atoms with van der Waals surface area (Å²) in [6.45, 7) is 5.44. The standard InChI is InChI=1S/C17H26N2O2/c1-2-21-17-11-13(12-18-14-4-5-14)3-6-16(17)19-9-7-15(20)8-10-19/h3,6,11,14-15,18,20H,2,4-5,7-10,12H2,1H3. The highest BCUT2D eigenvalue weighted by Gasteiger charge is 2.22. The first-order valence-corrected chi connectivity index (χ1v) is 8.18. The van der Waals surface area contributed by atoms with E-state index < -0.39 is 0 Å². The molecule has 2 N–H and O–H groups in total. The lowest BCUT2D eigenvalue weighted by molar-refractivity contribution is 0.145. The van der Waals surface area contributed by atoms with Crippen LogP contribution in [0.1, 0.15) is 38.2 Å². The number of ether oxygens (including phenoxy) is 1. The van der Waals surface area contributed by atoms with E-state index in [1.165, 1.54) is 24.1 Å². The van der Waals surface area contributed by atoms with Crippen molar-refractivity contribution in [3.63, 3.8) is 0 Å². The first-order chi connectivity index (χ1) is 10.3. The van der Waals surface area contributed by atoms with Crippen LogP contribution >= 0.6 is 0 Å². The second kappa shape index (κ2) is 6.67. The molecule has 2 aliphatic rings. The fraction of sp³-hybridized carbons (Fsp3) is 0.647. The molecule has 1 aliphatic heterocycles. The molecule has 0 atom stereocenters. The third kappa shape index (κ3) is 3.89. The van der Waals surface area contributed by atoms with E-state index in [4.69, 9.17) is 4.74 Å². The van der Waals surface area contributed by atoms with Gasteiger partial charge < -0.3 is 20.1 Å². The number of hydrogen-bond donors (Lipinski definition) is 2. The van der Waals surface area contributed by atoms with Crippen molar-refractivity contribution in [2.24, 2.45) is 0 Å². The number of benzene rings is 1. The Bertz CT molecular complexity index is 466. The highest BCUT2D eigenvalue weighted by atomic mass is 16.5. The summed E-state index contributed by atoms with van der Waals surface area (Å²) in [5.41, 5.74) is 2.45. The average molecular weight is 290 g/mol. The molecule has 0 amide bonds. The molecule has 1 heterocycles. The van der Waals surface area contributed by atoms with Crippen LogP contribution in [0, 0.1) is 0 Å². The van der Waals surface area contributed by atoms with Crippen molar-refractivity contribution in [1.82, 2.24) is 5.32 Å². The van der Waals surface area contributed by atoms with E-state index in [1.807, 2.05) is 6.92 Å². The zero-order chi connectivity index (χ0) is 14.7. The van der Waals surface area contributed by atoms with Gasteiger partial charge in [-0.25, -0.2) is 0 Å². The van der Waals surface area contributed by atoms with Gasteiger partial charge in [-0.05, 0) is 50.3 Å². The van der Waals surface area contributed by atoms with Gasteiger partial charge in [0.1, 0.15) is 5.75 Å². The van der Waals surface area contributed by atoms with Crippen molar-refractivity contribution >= 4 is 5.69 Å². The minimum atomic E-state index is -0.140. The first-order valence-electron chi connectivity index (χ1n) is 8.18. The van der Waals surface area contributed by atoms with E-state index in [2.05, 4.69) is 28.4 Å². The molecule has 0 radical (unpaired) electrons. The largest absolute Gasteiger partial charge is 0.492 e. The van der Waals surface area contributed by atoms with Crippen LogP contribution in [0.5, 0.6) is 5.75 Å². The van der Waals surface area contributed by atoms with Crippen molar-refractivity contribution in [2.75, 3.05) is 24.6 Å². The van der Waals surface area contributed by atoms with Gasteiger partial charge in [0.2, 0.25) is 0 Å². The zero-order valence-corrected chi connectivity index (χ0v) is 12.8. The van der Waals surface area contributed by atoms with Gasteiger partial charge in [-0.15, -0.1) is 0 Å². The fourth-order valence-corrected chi connectivity index (χ4v) is 2.86. The molecule has 1 saturated heterocycles. The predicted molar refractivity (Wildman–Crippen MR) is 84.9 cm³/mol. The molecule has 2 fully saturated rings. The number of hydrogen-bond acceptors (Lipinski definition) is 4. The number of piperidine rings is 1. The summed E-state index contributed by atoms with van der Waals surface area (Å²) >= 11 is 0. The second-order valence-corrected chi connectivity index (χ2v) is 6.11. The molecular weight excluding hydrogens is 264 g/mol. The van der Waals surface area contributed by atoms with Crippen molar-refractivity contribution in [1.29, 1.82) is 0 Å². The van der Waals surface area contributed by atoms with E-state index in [1.54, 1.807) is 0 Å². The molecule has 116 valence electrons. The highest BCUT2D eigenvalue weighted by Crippen LogP contribution is 2.32. The van der Waals surface area contributed by atoms with E-state index in [0.717, 1.165) is 44.3 Å². The monoisotopic (exact) mass is 290 g/mol. The van der Waals surface area contributed by atoms with Crippen molar-refractivity contribution in [3.05, 3.63) is 23.8 Å². The lowest BCUT2D eigenvalue weighted by atomic mass is 10.1. The van der Waals surface area contributed by atoms with Gasteiger partial charge in [0, 0.05) is 25.7 Å². The lowest BCUT2D eigenvalue weighted by Crippen LogP contribution is -2.36. The SMILES string of the molecule is CCOc1cc(CNC2CC2)ccc1N1CCC(O)CC1. The van der Waals surface area contributed by atoms with Crippen LogP contribution in [0.15, 0.2) is 18.2 Å². The van der Waals surface area contributed by atoms with Gasteiger partial charge in [0.25, 0.3) is 0 Å². The lowest BCUT2D eigenvalue weighted by Gasteiger charge is -2.32. The Balaban J connectivity index is 1.71. The Kier molecular flexibility index (Phi) is 4.66. The number of aliphatic hydroxyl groups excluding tert-OH is 1. The first kappa shape index (κ1) is 14.7. The van der Waals surface area contributed by atoms with E-state index >= 15 is 0 Å². The maximum Gasteiger partial charge on any atom is 0.142 e. The number of anilines is 1. The molecule has 0 bridgehead atoms. The smallest absolute Gasteiger partial charge is 0.142 e. The molecular formula is C17H26N2O2. The summed E-state index contributed by atoms with van der Waals surface area (Å²) in [4.78, 5) is 2.33. The number of rotatable bonds is 6. The quantitative estimate of drug-likeness (QED) is 0.844. The predicted octanol–water partition coefficient (Wildman–Crippen LogP) is 2.30. The topological polar surface area (TPSA) is 44.7 Å². The van der Waals surface area contributed by atoms with Crippen molar-refractivity contribution in [3.8, 4) is 5.75 Å². The Labute approximate surface area is 127 Å². The summed E-state index contributed by atoms with van der Waals surface area (Å²) < 4.78 is 5.85.